The van der Waals surface area contributed by atoms with Crippen LogP contribution in [0.1, 0.15) is 31.5 Å². The Hall–Kier alpha value is -2.41. The molecule has 2 aromatic rings. The lowest BCUT2D eigenvalue weighted by molar-refractivity contribution is -0.203. The van der Waals surface area contributed by atoms with Gasteiger partial charge in [-0.2, -0.15) is 18.2 Å². The van der Waals surface area contributed by atoms with Gasteiger partial charge in [0.2, 0.25) is 11.6 Å². The summed E-state index contributed by atoms with van der Waals surface area (Å²) in [6.45, 7) is 2.96. The van der Waals surface area contributed by atoms with Gasteiger partial charge in [-0.1, -0.05) is 25.9 Å². The zero-order chi connectivity index (χ0) is 22.0. The maximum atomic E-state index is 12.6. The molecule has 0 unspecified atom stereocenters. The number of Topliss-reactive ketones (excluding diaryl/α,β-unsaturated/α-hetero) is 1. The topological polar surface area (TPSA) is 85.5 Å². The standard InChI is InChI=1S/C16H16F5N3O4S/c1-15(2,3)11(25)13(26)24(27-7-10(17)18)6-8-4-5-9(29-8)12-22-14(28-23-12)16(19,20)21/h4-5,10H,6-7H2,1-3H3. The van der Waals surface area contributed by atoms with Gasteiger partial charge in [0, 0.05) is 10.3 Å². The number of carbonyl (C=O) groups is 2. The van der Waals surface area contributed by atoms with E-state index >= 15 is 0 Å². The second kappa shape index (κ2) is 8.53. The van der Waals surface area contributed by atoms with Gasteiger partial charge in [0.15, 0.2) is 0 Å². The van der Waals surface area contributed by atoms with Gasteiger partial charge in [-0.05, 0) is 12.1 Å². The molecule has 0 N–H and O–H groups in total. The Morgan fingerprint density at radius 1 is 1.24 bits per heavy atom. The quantitative estimate of drug-likeness (QED) is 0.367. The highest BCUT2D eigenvalue weighted by atomic mass is 32.1. The second-order valence-electron chi connectivity index (χ2n) is 6.79. The van der Waals surface area contributed by atoms with Gasteiger partial charge < -0.3 is 4.52 Å². The van der Waals surface area contributed by atoms with Crippen LogP contribution in [0, 0.1) is 5.41 Å². The molecule has 13 heteroatoms. The van der Waals surface area contributed by atoms with Crippen LogP contribution in [0.5, 0.6) is 0 Å². The molecule has 0 aliphatic rings. The Balaban J connectivity index is 2.20. The molecule has 0 aliphatic heterocycles. The third-order valence-electron chi connectivity index (χ3n) is 3.31. The summed E-state index contributed by atoms with van der Waals surface area (Å²) < 4.78 is 66.8. The SMILES string of the molecule is CC(C)(C)C(=O)C(=O)N(Cc1ccc(-c2noc(C(F)(F)F)n2)s1)OCC(F)F. The molecule has 0 aromatic carbocycles. The number of nitrogens with zero attached hydrogens (tertiary/aromatic N) is 3. The number of hydroxylamine groups is 2. The number of hydrogen-bond acceptors (Lipinski definition) is 7. The van der Waals surface area contributed by atoms with Crippen molar-refractivity contribution in [1.82, 2.24) is 15.2 Å². The third kappa shape index (κ3) is 6.03. The zero-order valence-electron chi connectivity index (χ0n) is 15.4. The molecule has 2 rings (SSSR count). The number of ketones is 1. The Kier molecular flexibility index (Phi) is 6.73. The van der Waals surface area contributed by atoms with Crippen LogP contribution in [0.4, 0.5) is 22.0 Å². The van der Waals surface area contributed by atoms with Crippen LogP contribution in [0.3, 0.4) is 0 Å². The number of thiophene rings is 1. The first-order valence-electron chi connectivity index (χ1n) is 8.06. The van der Waals surface area contributed by atoms with E-state index in [1.807, 2.05) is 0 Å². The molecule has 0 atom stereocenters. The lowest BCUT2D eigenvalue weighted by atomic mass is 9.90. The zero-order valence-corrected chi connectivity index (χ0v) is 16.2. The van der Waals surface area contributed by atoms with E-state index in [-0.39, 0.29) is 17.2 Å². The number of amides is 1. The van der Waals surface area contributed by atoms with Gasteiger partial charge in [0.05, 0.1) is 11.4 Å². The number of carbonyl (C=O) groups excluding carboxylic acids is 2. The van der Waals surface area contributed by atoms with Gasteiger partial charge in [-0.15, -0.1) is 11.3 Å². The van der Waals surface area contributed by atoms with Gasteiger partial charge in [0.1, 0.15) is 6.61 Å². The highest BCUT2D eigenvalue weighted by Crippen LogP contribution is 2.32. The van der Waals surface area contributed by atoms with E-state index in [1.54, 1.807) is 0 Å². The van der Waals surface area contributed by atoms with E-state index in [2.05, 4.69) is 14.7 Å². The van der Waals surface area contributed by atoms with Crippen LogP contribution in [-0.4, -0.2) is 39.9 Å². The summed E-state index contributed by atoms with van der Waals surface area (Å²) in [6, 6.07) is 2.78. The van der Waals surface area contributed by atoms with Crippen LogP contribution in [0.15, 0.2) is 16.7 Å². The Morgan fingerprint density at radius 2 is 1.90 bits per heavy atom. The van der Waals surface area contributed by atoms with E-state index in [0.29, 0.717) is 9.94 Å². The molecular formula is C16H16F5N3O4S. The van der Waals surface area contributed by atoms with Gasteiger partial charge >= 0.3 is 18.0 Å². The van der Waals surface area contributed by atoms with E-state index in [0.717, 1.165) is 11.3 Å². The van der Waals surface area contributed by atoms with E-state index in [4.69, 9.17) is 4.84 Å². The van der Waals surface area contributed by atoms with Gasteiger partial charge in [-0.3, -0.25) is 14.4 Å². The lowest BCUT2D eigenvalue weighted by Gasteiger charge is -2.24. The number of hydrogen-bond donors (Lipinski definition) is 0. The fraction of sp³-hybridized carbons (Fsp3) is 0.500. The minimum Gasteiger partial charge on any atom is -0.329 e. The predicted molar refractivity (Wildman–Crippen MR) is 89.6 cm³/mol. The van der Waals surface area contributed by atoms with Crippen molar-refractivity contribution in [3.63, 3.8) is 0 Å². The first kappa shape index (κ1) is 22.9. The largest absolute Gasteiger partial charge is 0.471 e. The highest BCUT2D eigenvalue weighted by Gasteiger charge is 2.39. The maximum Gasteiger partial charge on any atom is 0.471 e. The molecule has 0 bridgehead atoms. The van der Waals surface area contributed by atoms with Crippen molar-refractivity contribution in [2.75, 3.05) is 6.61 Å². The molecule has 2 aromatic heterocycles. The summed E-state index contributed by atoms with van der Waals surface area (Å²) in [6.07, 6.45) is -7.68. The molecule has 7 nitrogen and oxygen atoms in total. The predicted octanol–water partition coefficient (Wildman–Crippen LogP) is 3.96. The molecule has 0 saturated carbocycles. The molecule has 0 fully saturated rings. The molecule has 0 radical (unpaired) electrons. The second-order valence-corrected chi connectivity index (χ2v) is 7.96. The maximum absolute atomic E-state index is 12.6. The van der Waals surface area contributed by atoms with Crippen LogP contribution >= 0.6 is 11.3 Å². The summed E-state index contributed by atoms with van der Waals surface area (Å²) in [4.78, 5) is 33.0. The molecule has 29 heavy (non-hydrogen) atoms. The first-order valence-corrected chi connectivity index (χ1v) is 8.88. The number of halogens is 5. The molecule has 0 spiro atoms. The fourth-order valence-electron chi connectivity index (χ4n) is 1.92. The molecule has 2 heterocycles. The van der Waals surface area contributed by atoms with Crippen LogP contribution < -0.4 is 0 Å². The van der Waals surface area contributed by atoms with Crippen LogP contribution in [0.25, 0.3) is 10.7 Å². The smallest absolute Gasteiger partial charge is 0.329 e. The average molecular weight is 441 g/mol. The summed E-state index contributed by atoms with van der Waals surface area (Å²) in [7, 11) is 0. The molecular weight excluding hydrogens is 425 g/mol. The number of rotatable bonds is 7. The first-order chi connectivity index (χ1) is 13.3. The van der Waals surface area contributed by atoms with Crippen molar-refractivity contribution < 1.29 is 40.9 Å². The molecule has 0 saturated heterocycles. The van der Waals surface area contributed by atoms with Crippen LogP contribution in [0.2, 0.25) is 0 Å². The van der Waals surface area contributed by atoms with E-state index < -0.39 is 42.2 Å². The van der Waals surface area contributed by atoms with Crippen molar-refractivity contribution in [2.24, 2.45) is 5.41 Å². The average Bonchev–Trinajstić information content (AvgIpc) is 3.24. The van der Waals surface area contributed by atoms with Gasteiger partial charge in [-0.25, -0.2) is 13.8 Å². The van der Waals surface area contributed by atoms with Crippen molar-refractivity contribution in [3.05, 3.63) is 22.9 Å². The van der Waals surface area contributed by atoms with E-state index in [1.165, 1.54) is 32.9 Å². The molecule has 0 aliphatic carbocycles. The normalized spacial score (nSPS) is 12.4. The van der Waals surface area contributed by atoms with Crippen molar-refractivity contribution in [2.45, 2.75) is 39.9 Å². The number of aromatic nitrogens is 2. The number of alkyl halides is 5. The fourth-order valence-corrected chi connectivity index (χ4v) is 2.83. The molecule has 1 amide bonds. The van der Waals surface area contributed by atoms with Crippen molar-refractivity contribution in [1.29, 1.82) is 0 Å². The Labute approximate surface area is 165 Å². The monoisotopic (exact) mass is 441 g/mol. The van der Waals surface area contributed by atoms with Gasteiger partial charge in [0.25, 0.3) is 6.43 Å². The summed E-state index contributed by atoms with van der Waals surface area (Å²) in [5.74, 6) is -3.82. The third-order valence-corrected chi connectivity index (χ3v) is 4.37. The summed E-state index contributed by atoms with van der Waals surface area (Å²) in [5, 5.41) is 3.75. The van der Waals surface area contributed by atoms with Crippen molar-refractivity contribution >= 4 is 23.0 Å². The van der Waals surface area contributed by atoms with Crippen LogP contribution in [-0.2, 0) is 27.1 Å². The Morgan fingerprint density at radius 3 is 2.41 bits per heavy atom. The van der Waals surface area contributed by atoms with E-state index in [9.17, 15) is 31.5 Å². The minimum atomic E-state index is -4.80. The Bertz CT molecular complexity index is 873. The summed E-state index contributed by atoms with van der Waals surface area (Å²) in [5.41, 5.74) is -1.07. The summed E-state index contributed by atoms with van der Waals surface area (Å²) >= 11 is 0.884. The van der Waals surface area contributed by atoms with Crippen molar-refractivity contribution in [3.8, 4) is 10.7 Å². The molecule has 160 valence electrons. The minimum absolute atomic E-state index is 0.183. The lowest BCUT2D eigenvalue weighted by Crippen LogP contribution is -2.42. The highest BCUT2D eigenvalue weighted by molar-refractivity contribution is 7.15.